The third kappa shape index (κ3) is 5.00. The first-order chi connectivity index (χ1) is 14.7. The van der Waals surface area contributed by atoms with E-state index >= 15 is 0 Å². The Bertz CT molecular complexity index is 944. The van der Waals surface area contributed by atoms with Crippen molar-refractivity contribution in [2.24, 2.45) is 4.99 Å². The van der Waals surface area contributed by atoms with E-state index in [4.69, 9.17) is 4.74 Å². The predicted octanol–water partition coefficient (Wildman–Crippen LogP) is 3.37. The van der Waals surface area contributed by atoms with Crippen molar-refractivity contribution in [3.05, 3.63) is 65.2 Å². The largest absolute Gasteiger partial charge is 0.493 e. The molecule has 0 saturated carbocycles. The highest BCUT2D eigenvalue weighted by molar-refractivity contribution is 14.0. The van der Waals surface area contributed by atoms with Crippen LogP contribution in [0.1, 0.15) is 51.6 Å². The molecule has 0 radical (unpaired) electrons. The van der Waals surface area contributed by atoms with Gasteiger partial charge in [-0.3, -0.25) is 19.5 Å². The molecule has 7 nitrogen and oxygen atoms in total. The van der Waals surface area contributed by atoms with Crippen molar-refractivity contribution < 1.29 is 14.3 Å². The van der Waals surface area contributed by atoms with Crippen LogP contribution in [-0.4, -0.2) is 49.4 Å². The first kappa shape index (κ1) is 23.1. The number of aliphatic imine (C=N–C) groups is 1. The number of hydrogen-bond acceptors (Lipinski definition) is 4. The van der Waals surface area contributed by atoms with Crippen molar-refractivity contribution in [1.82, 2.24) is 15.5 Å². The highest BCUT2D eigenvalue weighted by Gasteiger charge is 2.34. The number of imide groups is 1. The zero-order valence-corrected chi connectivity index (χ0v) is 19.8. The number of nitrogens with one attached hydrogen (secondary N) is 2. The Balaban J connectivity index is 0.00000272. The van der Waals surface area contributed by atoms with Crippen LogP contribution < -0.4 is 15.4 Å². The summed E-state index contributed by atoms with van der Waals surface area (Å²) in [5.41, 5.74) is 2.14. The number of carbonyl (C=O) groups excluding carboxylic acids is 2. The lowest BCUT2D eigenvalue weighted by Gasteiger charge is -2.28. The predicted molar refractivity (Wildman–Crippen MR) is 130 cm³/mol. The maximum Gasteiger partial charge on any atom is 0.261 e. The number of amides is 2. The number of benzene rings is 2. The minimum absolute atomic E-state index is 0. The quantitative estimate of drug-likeness (QED) is 0.195. The van der Waals surface area contributed by atoms with Crippen LogP contribution in [0.4, 0.5) is 0 Å². The summed E-state index contributed by atoms with van der Waals surface area (Å²) in [6.45, 7) is 1.80. The average Bonchev–Trinajstić information content (AvgIpc) is 3.03. The molecular formula is C23H27IN4O3. The number of unbranched alkanes of at least 4 members (excludes halogenated alkanes) is 1. The summed E-state index contributed by atoms with van der Waals surface area (Å²) in [6.07, 6.45) is 2.42. The molecule has 0 spiro atoms. The normalized spacial score (nSPS) is 17.4. The Morgan fingerprint density at radius 2 is 1.74 bits per heavy atom. The summed E-state index contributed by atoms with van der Waals surface area (Å²) >= 11 is 0. The van der Waals surface area contributed by atoms with E-state index in [9.17, 15) is 9.59 Å². The van der Waals surface area contributed by atoms with Gasteiger partial charge < -0.3 is 15.4 Å². The van der Waals surface area contributed by atoms with Crippen LogP contribution in [0.2, 0.25) is 0 Å². The van der Waals surface area contributed by atoms with Gasteiger partial charge in [0.15, 0.2) is 5.96 Å². The number of fused-ring (bicyclic) bond motifs is 2. The molecule has 2 aliphatic heterocycles. The zero-order chi connectivity index (χ0) is 20.9. The van der Waals surface area contributed by atoms with Gasteiger partial charge in [0.25, 0.3) is 11.8 Å². The van der Waals surface area contributed by atoms with E-state index in [1.54, 1.807) is 31.3 Å². The number of para-hydroxylation sites is 1. The number of hydrogen-bond donors (Lipinski definition) is 2. The molecule has 1 atom stereocenters. The van der Waals surface area contributed by atoms with Crippen molar-refractivity contribution in [2.45, 2.75) is 25.3 Å². The van der Waals surface area contributed by atoms with Crippen LogP contribution in [0, 0.1) is 0 Å². The lowest BCUT2D eigenvalue weighted by Crippen LogP contribution is -2.41. The molecular weight excluding hydrogens is 507 g/mol. The summed E-state index contributed by atoms with van der Waals surface area (Å²) in [6, 6.07) is 15.2. The second-order valence-electron chi connectivity index (χ2n) is 7.39. The Labute approximate surface area is 199 Å². The number of rotatable bonds is 6. The van der Waals surface area contributed by atoms with Gasteiger partial charge in [0, 0.05) is 32.1 Å². The fourth-order valence-corrected chi connectivity index (χ4v) is 3.90. The summed E-state index contributed by atoms with van der Waals surface area (Å²) in [4.78, 5) is 30.5. The SMILES string of the molecule is CN=C(NCCCCN1C(=O)c2ccccc2C1=O)NC1CCOc2ccccc21.I. The number of carbonyl (C=O) groups is 2. The molecule has 0 bridgehead atoms. The topological polar surface area (TPSA) is 83.0 Å². The molecule has 0 fully saturated rings. The average molecular weight is 534 g/mol. The maximum atomic E-state index is 12.4. The Hall–Kier alpha value is -2.62. The standard InChI is InChI=1S/C23H26N4O3.HI/c1-24-23(26-19-12-15-30-20-11-5-4-10-18(19)20)25-13-6-7-14-27-21(28)16-8-2-3-9-17(16)22(27)29;/h2-5,8-11,19H,6-7,12-15H2,1H3,(H2,24,25,26);1H. The molecule has 0 saturated heterocycles. The van der Waals surface area contributed by atoms with Gasteiger partial charge in [-0.05, 0) is 31.0 Å². The lowest BCUT2D eigenvalue weighted by molar-refractivity contribution is 0.0652. The highest BCUT2D eigenvalue weighted by Crippen LogP contribution is 2.31. The molecule has 2 aliphatic rings. The highest BCUT2D eigenvalue weighted by atomic mass is 127. The molecule has 2 N–H and O–H groups in total. The van der Waals surface area contributed by atoms with Crippen LogP contribution in [0.15, 0.2) is 53.5 Å². The number of nitrogens with zero attached hydrogens (tertiary/aromatic N) is 2. The molecule has 2 aromatic rings. The number of ether oxygens (including phenoxy) is 1. The van der Waals surface area contributed by atoms with Crippen molar-refractivity contribution in [3.8, 4) is 5.75 Å². The van der Waals surface area contributed by atoms with Crippen molar-refractivity contribution in [1.29, 1.82) is 0 Å². The monoisotopic (exact) mass is 534 g/mol. The smallest absolute Gasteiger partial charge is 0.261 e. The number of guanidine groups is 1. The minimum Gasteiger partial charge on any atom is -0.493 e. The third-order valence-electron chi connectivity index (χ3n) is 5.47. The van der Waals surface area contributed by atoms with Crippen LogP contribution in [0.25, 0.3) is 0 Å². The maximum absolute atomic E-state index is 12.4. The van der Waals surface area contributed by atoms with Gasteiger partial charge in [-0.2, -0.15) is 0 Å². The van der Waals surface area contributed by atoms with Gasteiger partial charge in [-0.25, -0.2) is 0 Å². The molecule has 2 amide bonds. The van der Waals surface area contributed by atoms with Crippen molar-refractivity contribution >= 4 is 41.8 Å². The van der Waals surface area contributed by atoms with E-state index < -0.39 is 0 Å². The van der Waals surface area contributed by atoms with Gasteiger partial charge in [-0.15, -0.1) is 24.0 Å². The van der Waals surface area contributed by atoms with Crippen LogP contribution in [0.3, 0.4) is 0 Å². The zero-order valence-electron chi connectivity index (χ0n) is 17.5. The van der Waals surface area contributed by atoms with Gasteiger partial charge >= 0.3 is 0 Å². The van der Waals surface area contributed by atoms with Gasteiger partial charge in [0.1, 0.15) is 5.75 Å². The van der Waals surface area contributed by atoms with Crippen LogP contribution >= 0.6 is 24.0 Å². The minimum atomic E-state index is -0.195. The molecule has 0 aromatic heterocycles. The van der Waals surface area contributed by atoms with E-state index in [-0.39, 0.29) is 41.8 Å². The second-order valence-corrected chi connectivity index (χ2v) is 7.39. The molecule has 4 rings (SSSR count). The fraction of sp³-hybridized carbons (Fsp3) is 0.348. The van der Waals surface area contributed by atoms with Crippen molar-refractivity contribution in [3.63, 3.8) is 0 Å². The molecule has 1 unspecified atom stereocenters. The third-order valence-corrected chi connectivity index (χ3v) is 5.47. The van der Waals surface area contributed by atoms with E-state index in [1.165, 1.54) is 4.90 Å². The first-order valence-electron chi connectivity index (χ1n) is 10.3. The van der Waals surface area contributed by atoms with E-state index in [0.29, 0.717) is 30.8 Å². The van der Waals surface area contributed by atoms with E-state index in [0.717, 1.165) is 36.5 Å². The molecule has 2 aromatic carbocycles. The van der Waals surface area contributed by atoms with E-state index in [1.807, 2.05) is 18.2 Å². The Morgan fingerprint density at radius 1 is 1.06 bits per heavy atom. The van der Waals surface area contributed by atoms with E-state index in [2.05, 4.69) is 21.7 Å². The molecule has 0 aliphatic carbocycles. The van der Waals surface area contributed by atoms with Gasteiger partial charge in [-0.1, -0.05) is 30.3 Å². The Kier molecular flexibility index (Phi) is 7.89. The summed E-state index contributed by atoms with van der Waals surface area (Å²) < 4.78 is 5.71. The fourth-order valence-electron chi connectivity index (χ4n) is 3.90. The Morgan fingerprint density at radius 3 is 2.45 bits per heavy atom. The molecule has 2 heterocycles. The molecule has 8 heteroatoms. The summed E-state index contributed by atoms with van der Waals surface area (Å²) in [5.74, 6) is 1.26. The first-order valence-corrected chi connectivity index (χ1v) is 10.3. The van der Waals surface area contributed by atoms with Crippen LogP contribution in [-0.2, 0) is 0 Å². The number of halogens is 1. The van der Waals surface area contributed by atoms with Gasteiger partial charge in [0.2, 0.25) is 0 Å². The lowest BCUT2D eigenvalue weighted by atomic mass is 10.0. The van der Waals surface area contributed by atoms with Crippen molar-refractivity contribution in [2.75, 3.05) is 26.7 Å². The van der Waals surface area contributed by atoms with Crippen LogP contribution in [0.5, 0.6) is 5.75 Å². The summed E-state index contributed by atoms with van der Waals surface area (Å²) in [5, 5.41) is 6.78. The molecule has 31 heavy (non-hydrogen) atoms. The molecule has 164 valence electrons. The summed E-state index contributed by atoms with van der Waals surface area (Å²) in [7, 11) is 1.75. The van der Waals surface area contributed by atoms with Gasteiger partial charge in [0.05, 0.1) is 23.8 Å². The second kappa shape index (κ2) is 10.6.